The maximum Gasteiger partial charge on any atom is 0.0458 e. The zero-order valence-electron chi connectivity index (χ0n) is 7.22. The predicted octanol–water partition coefficient (Wildman–Crippen LogP) is 2.68. The van der Waals surface area contributed by atoms with Crippen molar-refractivity contribution >= 4 is 6.21 Å². The van der Waals surface area contributed by atoms with Gasteiger partial charge in [0.25, 0.3) is 0 Å². The second-order valence-corrected chi connectivity index (χ2v) is 2.69. The Hall–Kier alpha value is -2.24. The van der Waals surface area contributed by atoms with Crippen LogP contribution in [0.25, 0.3) is 0 Å². The van der Waals surface area contributed by atoms with Gasteiger partial charge < -0.3 is 0 Å². The number of rotatable bonds is 1. The van der Waals surface area contributed by atoms with Gasteiger partial charge in [-0.1, -0.05) is 12.8 Å². The number of hydrogen-bond acceptors (Lipinski definition) is 1. The maximum absolute atomic E-state index is 4.24. The fourth-order valence-corrected chi connectivity index (χ4v) is 0.801. The van der Waals surface area contributed by atoms with Crippen molar-refractivity contribution in [2.24, 2.45) is 4.99 Å². The summed E-state index contributed by atoms with van der Waals surface area (Å²) in [5, 5.41) is 0. The van der Waals surface area contributed by atoms with Gasteiger partial charge in [-0.15, -0.1) is 13.0 Å². The Kier molecular flexibility index (Phi) is 3.10. The fourth-order valence-electron chi connectivity index (χ4n) is 0.801. The van der Waals surface area contributed by atoms with Gasteiger partial charge in [-0.25, -0.2) is 12.2 Å². The third kappa shape index (κ3) is 2.18. The molecule has 1 rings (SSSR count). The summed E-state index contributed by atoms with van der Waals surface area (Å²) in [6.07, 6.45) is 7.84. The van der Waals surface area contributed by atoms with Crippen molar-refractivity contribution in [2.45, 2.75) is 13.8 Å². The molecule has 0 aromatic carbocycles. The van der Waals surface area contributed by atoms with Crippen LogP contribution in [0, 0.1) is 5.92 Å². The zero-order chi connectivity index (χ0) is 8.27. The van der Waals surface area contributed by atoms with E-state index in [0.717, 1.165) is 17.2 Å². The first-order chi connectivity index (χ1) is 5.20. The molecule has 0 aliphatic carbocycles. The summed E-state index contributed by atoms with van der Waals surface area (Å²) in [5.74, 6) is 1.16. The monoisotopic (exact) mass is 408 g/mol. The molecular formula is C10H12LrN-. The van der Waals surface area contributed by atoms with Gasteiger partial charge in [0.1, 0.15) is 0 Å². The Balaban J connectivity index is 0.00000121. The molecule has 1 heterocycles. The number of aliphatic imine (C=N–C) groups is 1. The first-order valence-electron chi connectivity index (χ1n) is 3.62. The van der Waals surface area contributed by atoms with E-state index in [1.54, 1.807) is 0 Å². The van der Waals surface area contributed by atoms with Gasteiger partial charge in [0.2, 0.25) is 0 Å². The molecule has 0 unspecified atom stereocenters. The summed E-state index contributed by atoms with van der Waals surface area (Å²) in [5.41, 5.74) is 1.96. The van der Waals surface area contributed by atoms with Crippen LogP contribution in [-0.2, 0) is 0 Å². The Morgan fingerprint density at radius 3 is 2.83 bits per heavy atom. The molecule has 0 atom stereocenters. The first kappa shape index (κ1) is 9.76. The smallest absolute Gasteiger partial charge is 0.0458 e. The predicted molar refractivity (Wildman–Crippen MR) is 49.4 cm³/mol. The third-order valence-corrected chi connectivity index (χ3v) is 1.46. The van der Waals surface area contributed by atoms with E-state index in [1.807, 2.05) is 38.3 Å². The molecule has 1 aliphatic heterocycles. The average molecular weight is 408 g/mol. The van der Waals surface area contributed by atoms with Gasteiger partial charge >= 0.3 is 0 Å². The zero-order valence-corrected chi connectivity index (χ0v) is 9.37. The van der Waals surface area contributed by atoms with E-state index >= 15 is 0 Å². The van der Waals surface area contributed by atoms with Gasteiger partial charge in [-0.2, -0.15) is 5.92 Å². The Morgan fingerprint density at radius 1 is 1.58 bits per heavy atom. The molecule has 2 heteroatoms. The molecule has 0 spiro atoms. The first-order valence-corrected chi connectivity index (χ1v) is 3.62. The largest absolute Gasteiger partial charge is 0.277 e. The molecule has 73 valence electrons. The van der Waals surface area contributed by atoms with E-state index in [0.29, 0.717) is 0 Å². The van der Waals surface area contributed by atoms with Crippen molar-refractivity contribution in [2.75, 3.05) is 0 Å². The van der Waals surface area contributed by atoms with Crippen molar-refractivity contribution < 1.29 is 0 Å². The molecule has 0 fully saturated rings. The van der Waals surface area contributed by atoms with Crippen LogP contribution in [0.3, 0.4) is 0 Å². The van der Waals surface area contributed by atoms with Gasteiger partial charge in [-0.05, 0) is 12.5 Å². The minimum absolute atomic E-state index is 0. The van der Waals surface area contributed by atoms with Crippen molar-refractivity contribution in [3.8, 4) is 0 Å². The molecule has 0 saturated carbocycles. The molecule has 0 aromatic rings. The molecule has 1 nitrogen and oxygen atoms in total. The van der Waals surface area contributed by atoms with Gasteiger partial charge in [0, 0.05) is 5.70 Å². The summed E-state index contributed by atoms with van der Waals surface area (Å²) in [7, 11) is 0. The molecule has 0 saturated heterocycles. The van der Waals surface area contributed by atoms with E-state index in [9.17, 15) is 0 Å². The summed E-state index contributed by atoms with van der Waals surface area (Å²) in [4.78, 5) is 4.24. The molecule has 0 aromatic heterocycles. The van der Waals surface area contributed by atoms with Crippen molar-refractivity contribution in [3.63, 3.8) is 0 Å². The molecule has 1 radical (unpaired) electrons. The topological polar surface area (TPSA) is 12.4 Å². The minimum Gasteiger partial charge on any atom is -0.277 e. The van der Waals surface area contributed by atoms with E-state index in [1.165, 1.54) is 0 Å². The molecule has 0 bridgehead atoms. The number of nitrogens with zero attached hydrogens (tertiary/aromatic N) is 1. The Morgan fingerprint density at radius 2 is 2.25 bits per heavy atom. The van der Waals surface area contributed by atoms with Crippen molar-refractivity contribution in [1.82, 2.24) is 0 Å². The molecule has 1 aliphatic rings. The Labute approximate surface area is 67.8 Å². The fraction of sp³-hybridized carbons (Fsp3) is 0.200. The van der Waals surface area contributed by atoms with E-state index in [-0.39, 0.29) is 0 Å². The van der Waals surface area contributed by atoms with Crippen LogP contribution < -0.4 is 0 Å². The normalized spacial score (nSPS) is 14.8. The number of hydrogen-bond donors (Lipinski definition) is 0. The van der Waals surface area contributed by atoms with E-state index in [2.05, 4.69) is 11.6 Å². The summed E-state index contributed by atoms with van der Waals surface area (Å²) < 4.78 is 0. The van der Waals surface area contributed by atoms with Crippen LogP contribution in [0.5, 0.6) is 0 Å². The van der Waals surface area contributed by atoms with Gasteiger partial charge in [-0.3, -0.25) is 4.99 Å². The Bertz CT molecular complexity index is 249. The minimum atomic E-state index is 0. The summed E-state index contributed by atoms with van der Waals surface area (Å²) in [6, 6.07) is 0. The number of allylic oxidation sites excluding steroid dienone is 4. The third-order valence-electron chi connectivity index (χ3n) is 1.46. The average Bonchev–Trinajstić information content (AvgIpc) is 2.13. The molecular weight excluding hydrogens is 396 g/mol. The second kappa shape index (κ2) is 3.81. The van der Waals surface area contributed by atoms with E-state index in [4.69, 9.17) is 0 Å². The van der Waals surface area contributed by atoms with Crippen LogP contribution in [-0.4, -0.2) is 6.21 Å². The second-order valence-electron chi connectivity index (χ2n) is 2.69. The molecule has 12 heavy (non-hydrogen) atoms. The van der Waals surface area contributed by atoms with Crippen LogP contribution in [0.15, 0.2) is 41.1 Å². The molecule has 0 amide bonds. The van der Waals surface area contributed by atoms with Crippen LogP contribution in [0.4, 0.5) is 0 Å². The standard InChI is InChI=1S/C10H12N.Lr/c1-8(2)10-6-4-5-9(3)7-11-10;/h4-7H,1H2,2-3H3;/q-1;. The van der Waals surface area contributed by atoms with Crippen molar-refractivity contribution in [3.05, 3.63) is 42.0 Å². The SMILES string of the molecule is C=C(C)C1=CC=C[C-](C)C=N1.[Lr]. The maximum atomic E-state index is 4.24. The van der Waals surface area contributed by atoms with Crippen LogP contribution in [0.2, 0.25) is 0 Å². The van der Waals surface area contributed by atoms with Gasteiger partial charge in [0.15, 0.2) is 0 Å². The molecule has 0 N–H and O–H groups in total. The van der Waals surface area contributed by atoms with Crippen LogP contribution >= 0.6 is 0 Å². The van der Waals surface area contributed by atoms with Crippen molar-refractivity contribution in [1.29, 1.82) is 0 Å². The summed E-state index contributed by atoms with van der Waals surface area (Å²) in [6.45, 7) is 7.80. The quantitative estimate of drug-likeness (QED) is 0.592. The van der Waals surface area contributed by atoms with E-state index < -0.39 is 0 Å². The van der Waals surface area contributed by atoms with Gasteiger partial charge in [0.05, 0.1) is 0 Å². The summed E-state index contributed by atoms with van der Waals surface area (Å²) >= 11 is 0. The van der Waals surface area contributed by atoms with Crippen LogP contribution in [0.1, 0.15) is 13.8 Å².